The molecule has 4 atom stereocenters. The van der Waals surface area contributed by atoms with Crippen LogP contribution < -0.4 is 5.32 Å². The van der Waals surface area contributed by atoms with Crippen LogP contribution in [0.25, 0.3) is 0 Å². The van der Waals surface area contributed by atoms with Crippen molar-refractivity contribution in [2.75, 3.05) is 13.2 Å². The highest BCUT2D eigenvalue weighted by molar-refractivity contribution is 5.78. The summed E-state index contributed by atoms with van der Waals surface area (Å²) in [6.07, 6.45) is 13.3. The number of aliphatic hydroxyl groups is 2. The Morgan fingerprint density at radius 3 is 2.04 bits per heavy atom. The van der Waals surface area contributed by atoms with E-state index in [4.69, 9.17) is 4.74 Å². The summed E-state index contributed by atoms with van der Waals surface area (Å²) in [5, 5.41) is 23.2. The quantitative estimate of drug-likeness (QED) is 0.337. The van der Waals surface area contributed by atoms with Gasteiger partial charge in [-0.3, -0.25) is 4.79 Å². The number of carbonyl (C=O) groups is 1. The number of unbranched alkanes of at least 4 members (excludes halogenated alkanes) is 10. The van der Waals surface area contributed by atoms with Gasteiger partial charge in [-0.1, -0.05) is 78.1 Å². The molecular weight excluding hydrogens is 354 g/mol. The van der Waals surface area contributed by atoms with Crippen LogP contribution in [0.15, 0.2) is 0 Å². The van der Waals surface area contributed by atoms with Crippen molar-refractivity contribution in [2.24, 2.45) is 5.92 Å². The van der Waals surface area contributed by atoms with E-state index in [1.165, 1.54) is 51.4 Å². The smallest absolute Gasteiger partial charge is 0.223 e. The van der Waals surface area contributed by atoms with Crippen LogP contribution in [0.5, 0.6) is 0 Å². The topological polar surface area (TPSA) is 78.8 Å². The van der Waals surface area contributed by atoms with Crippen molar-refractivity contribution in [1.82, 2.24) is 5.32 Å². The molecule has 0 aromatic carbocycles. The predicted octanol–water partition coefficient (Wildman–Crippen LogP) is 4.34. The molecule has 5 heteroatoms. The second-order valence-electron chi connectivity index (χ2n) is 8.46. The molecule has 1 aliphatic carbocycles. The average Bonchev–Trinajstić information content (AvgIpc) is 2.69. The van der Waals surface area contributed by atoms with Crippen molar-refractivity contribution in [1.29, 1.82) is 0 Å². The summed E-state index contributed by atoms with van der Waals surface area (Å²) in [7, 11) is 0. The third-order valence-electron chi connectivity index (χ3n) is 5.85. The van der Waals surface area contributed by atoms with Gasteiger partial charge in [0.15, 0.2) is 0 Å². The number of amides is 1. The molecule has 1 fully saturated rings. The van der Waals surface area contributed by atoms with Gasteiger partial charge in [0.1, 0.15) is 6.10 Å². The van der Waals surface area contributed by atoms with E-state index in [0.29, 0.717) is 26.0 Å². The molecule has 1 rings (SSSR count). The van der Waals surface area contributed by atoms with Crippen molar-refractivity contribution in [3.63, 3.8) is 0 Å². The van der Waals surface area contributed by atoms with Crippen LogP contribution in [0.2, 0.25) is 0 Å². The third-order valence-corrected chi connectivity index (χ3v) is 5.85. The molecule has 0 aromatic rings. The first-order chi connectivity index (χ1) is 13.6. The normalized spacial score (nSPS) is 25.0. The zero-order chi connectivity index (χ0) is 20.6. The lowest BCUT2D eigenvalue weighted by molar-refractivity contribution is -0.146. The van der Waals surface area contributed by atoms with Crippen LogP contribution in [0, 0.1) is 5.92 Å². The minimum atomic E-state index is -0.886. The van der Waals surface area contributed by atoms with Gasteiger partial charge in [0.05, 0.1) is 12.2 Å². The number of aliphatic hydroxyl groups excluding tert-OH is 2. The summed E-state index contributed by atoms with van der Waals surface area (Å²) in [4.78, 5) is 12.3. The molecule has 1 unspecified atom stereocenters. The van der Waals surface area contributed by atoms with Crippen LogP contribution in [-0.4, -0.2) is 47.6 Å². The minimum Gasteiger partial charge on any atom is -0.390 e. The summed E-state index contributed by atoms with van der Waals surface area (Å²) >= 11 is 0. The van der Waals surface area contributed by atoms with Crippen LogP contribution in [0.4, 0.5) is 0 Å². The van der Waals surface area contributed by atoms with Gasteiger partial charge >= 0.3 is 0 Å². The van der Waals surface area contributed by atoms with Gasteiger partial charge in [-0.15, -0.1) is 0 Å². The fourth-order valence-corrected chi connectivity index (χ4v) is 3.93. The Bertz CT molecular complexity index is 391. The Labute approximate surface area is 172 Å². The van der Waals surface area contributed by atoms with Gasteiger partial charge in [-0.2, -0.15) is 0 Å². The fraction of sp³-hybridized carbons (Fsp3) is 0.957. The van der Waals surface area contributed by atoms with E-state index in [1.807, 2.05) is 0 Å². The van der Waals surface area contributed by atoms with Crippen LogP contribution in [0.3, 0.4) is 0 Å². The van der Waals surface area contributed by atoms with Gasteiger partial charge < -0.3 is 20.3 Å². The summed E-state index contributed by atoms with van der Waals surface area (Å²) in [6.45, 7) is 5.60. The van der Waals surface area contributed by atoms with Crippen LogP contribution in [-0.2, 0) is 9.53 Å². The molecule has 1 aliphatic rings. The maximum absolute atomic E-state index is 12.3. The molecule has 0 heterocycles. The molecule has 0 spiro atoms. The molecule has 1 amide bonds. The van der Waals surface area contributed by atoms with Gasteiger partial charge in [-0.05, 0) is 25.7 Å². The molecule has 1 saturated carbocycles. The van der Waals surface area contributed by atoms with Crippen molar-refractivity contribution >= 4 is 5.91 Å². The first-order valence-electron chi connectivity index (χ1n) is 11.9. The van der Waals surface area contributed by atoms with Gasteiger partial charge in [0.25, 0.3) is 0 Å². The lowest BCUT2D eigenvalue weighted by Crippen LogP contribution is -2.49. The summed E-state index contributed by atoms with van der Waals surface area (Å²) in [6, 6.07) is 0. The Balaban J connectivity index is 2.14. The molecule has 166 valence electrons. The van der Waals surface area contributed by atoms with E-state index in [1.54, 1.807) is 0 Å². The second-order valence-corrected chi connectivity index (χ2v) is 8.46. The van der Waals surface area contributed by atoms with Crippen molar-refractivity contribution in [2.45, 2.75) is 122 Å². The van der Waals surface area contributed by atoms with Crippen molar-refractivity contribution < 1.29 is 19.7 Å². The minimum absolute atomic E-state index is 0.0214. The standard InChI is InChI=1S/C23H45NO4/c1-3-5-7-8-9-10-11-12-13-14-16-28-21-18-19(17-20(25)22(21)26)23(27)24-15-6-4-2/h19-22,25-26H,3-18H2,1-2H3,(H,24,27)/t19-,20+,21-,22?/m1/s1. The molecule has 0 bridgehead atoms. The number of hydrogen-bond donors (Lipinski definition) is 3. The van der Waals surface area contributed by atoms with Gasteiger partial charge in [-0.25, -0.2) is 0 Å². The number of rotatable bonds is 16. The maximum Gasteiger partial charge on any atom is 0.223 e. The molecule has 0 saturated heterocycles. The Morgan fingerprint density at radius 2 is 1.43 bits per heavy atom. The van der Waals surface area contributed by atoms with Crippen LogP contribution in [0.1, 0.15) is 104 Å². The highest BCUT2D eigenvalue weighted by atomic mass is 16.5. The first-order valence-corrected chi connectivity index (χ1v) is 11.9. The van der Waals surface area contributed by atoms with E-state index < -0.39 is 18.3 Å². The fourth-order valence-electron chi connectivity index (χ4n) is 3.93. The summed E-state index contributed by atoms with van der Waals surface area (Å²) < 4.78 is 5.85. The molecule has 0 radical (unpaired) electrons. The van der Waals surface area contributed by atoms with Crippen molar-refractivity contribution in [3.05, 3.63) is 0 Å². The predicted molar refractivity (Wildman–Crippen MR) is 114 cm³/mol. The second kappa shape index (κ2) is 16.2. The molecule has 0 aliphatic heterocycles. The summed E-state index contributed by atoms with van der Waals surface area (Å²) in [5.41, 5.74) is 0. The average molecular weight is 400 g/mol. The van der Waals surface area contributed by atoms with E-state index in [0.717, 1.165) is 25.7 Å². The SMILES string of the molecule is CCCCCCCCCCCCO[C@@H]1C[C@H](C(=O)NCCCC)C[C@H](O)C1O. The number of hydrogen-bond acceptors (Lipinski definition) is 4. The maximum atomic E-state index is 12.3. The largest absolute Gasteiger partial charge is 0.390 e. The Hall–Kier alpha value is -0.650. The Kier molecular flexibility index (Phi) is 14.7. The number of carbonyl (C=O) groups excluding carboxylic acids is 1. The van der Waals surface area contributed by atoms with Gasteiger partial charge in [0, 0.05) is 19.1 Å². The molecule has 5 nitrogen and oxygen atoms in total. The Morgan fingerprint density at radius 1 is 0.857 bits per heavy atom. The van der Waals surface area contributed by atoms with E-state index in [2.05, 4.69) is 19.2 Å². The highest BCUT2D eigenvalue weighted by Gasteiger charge is 2.39. The number of ether oxygens (including phenoxy) is 1. The highest BCUT2D eigenvalue weighted by Crippen LogP contribution is 2.28. The lowest BCUT2D eigenvalue weighted by Gasteiger charge is -2.36. The lowest BCUT2D eigenvalue weighted by atomic mass is 9.82. The summed E-state index contributed by atoms with van der Waals surface area (Å²) in [5.74, 6) is -0.292. The van der Waals surface area contributed by atoms with Crippen molar-refractivity contribution in [3.8, 4) is 0 Å². The number of nitrogens with one attached hydrogen (secondary N) is 1. The molecule has 0 aromatic heterocycles. The van der Waals surface area contributed by atoms with E-state index in [9.17, 15) is 15.0 Å². The molecule has 3 N–H and O–H groups in total. The zero-order valence-electron chi connectivity index (χ0n) is 18.3. The first kappa shape index (κ1) is 25.4. The van der Waals surface area contributed by atoms with E-state index >= 15 is 0 Å². The monoisotopic (exact) mass is 399 g/mol. The van der Waals surface area contributed by atoms with E-state index in [-0.39, 0.29) is 11.8 Å². The zero-order valence-corrected chi connectivity index (χ0v) is 18.3. The van der Waals surface area contributed by atoms with Gasteiger partial charge in [0.2, 0.25) is 5.91 Å². The van der Waals surface area contributed by atoms with Crippen LogP contribution >= 0.6 is 0 Å². The third kappa shape index (κ3) is 10.8. The molecular formula is C23H45NO4. The molecule has 28 heavy (non-hydrogen) atoms.